The summed E-state index contributed by atoms with van der Waals surface area (Å²) in [7, 11) is 0. The fraction of sp³-hybridized carbons (Fsp3) is 0.300. The number of rotatable bonds is 6. The molecule has 2 amide bonds. The van der Waals surface area contributed by atoms with Crippen molar-refractivity contribution in [3.05, 3.63) is 59.7 Å². The first-order valence-electron chi connectivity index (χ1n) is 8.53. The molecule has 0 atom stereocenters. The summed E-state index contributed by atoms with van der Waals surface area (Å²) in [4.78, 5) is 26.1. The van der Waals surface area contributed by atoms with E-state index in [-0.39, 0.29) is 0 Å². The van der Waals surface area contributed by atoms with Crippen LogP contribution in [0.5, 0.6) is 0 Å². The Morgan fingerprint density at radius 2 is 1.48 bits per heavy atom. The van der Waals surface area contributed by atoms with Gasteiger partial charge in [0.05, 0.1) is 0 Å². The monoisotopic (exact) mass is 339 g/mol. The van der Waals surface area contributed by atoms with Gasteiger partial charge >= 0.3 is 11.8 Å². The second kappa shape index (κ2) is 8.87. The summed E-state index contributed by atoms with van der Waals surface area (Å²) in [6, 6.07) is 15.3. The summed E-state index contributed by atoms with van der Waals surface area (Å²) >= 11 is 0. The third-order valence-electron chi connectivity index (χ3n) is 4.03. The van der Waals surface area contributed by atoms with Gasteiger partial charge in [-0.2, -0.15) is 0 Å². The fourth-order valence-corrected chi connectivity index (χ4v) is 2.50. The molecule has 0 aliphatic carbocycles. The normalized spacial score (nSPS) is 10.2. The van der Waals surface area contributed by atoms with Gasteiger partial charge in [0.15, 0.2) is 0 Å². The molecule has 0 heterocycles. The van der Waals surface area contributed by atoms with Crippen LogP contribution in [-0.2, 0) is 16.1 Å². The molecule has 0 aliphatic rings. The molecule has 2 aromatic carbocycles. The zero-order valence-corrected chi connectivity index (χ0v) is 15.0. The van der Waals surface area contributed by atoms with Gasteiger partial charge in [-0.1, -0.05) is 29.8 Å². The highest BCUT2D eigenvalue weighted by molar-refractivity contribution is 6.39. The number of carbonyl (C=O) groups excluding carboxylic acids is 2. The van der Waals surface area contributed by atoms with Crippen molar-refractivity contribution < 1.29 is 9.59 Å². The molecule has 0 spiro atoms. The highest BCUT2D eigenvalue weighted by Crippen LogP contribution is 2.17. The van der Waals surface area contributed by atoms with E-state index in [1.165, 1.54) is 0 Å². The number of benzene rings is 2. The van der Waals surface area contributed by atoms with E-state index in [2.05, 4.69) is 29.4 Å². The number of hydrogen-bond acceptors (Lipinski definition) is 3. The molecule has 0 aliphatic heterocycles. The molecule has 0 fully saturated rings. The van der Waals surface area contributed by atoms with Gasteiger partial charge < -0.3 is 15.5 Å². The van der Waals surface area contributed by atoms with Crippen molar-refractivity contribution in [1.29, 1.82) is 0 Å². The molecule has 2 aromatic rings. The number of hydrogen-bond donors (Lipinski definition) is 2. The van der Waals surface area contributed by atoms with Crippen molar-refractivity contribution in [2.75, 3.05) is 23.3 Å². The van der Waals surface area contributed by atoms with Crippen molar-refractivity contribution in [3.63, 3.8) is 0 Å². The average molecular weight is 339 g/mol. The minimum atomic E-state index is -0.664. The zero-order valence-electron chi connectivity index (χ0n) is 15.0. The molecule has 2 N–H and O–H groups in total. The van der Waals surface area contributed by atoms with Crippen molar-refractivity contribution in [1.82, 2.24) is 5.32 Å². The number of nitrogens with zero attached hydrogens (tertiary/aromatic N) is 1. The second-order valence-corrected chi connectivity index (χ2v) is 5.84. The molecule has 0 saturated carbocycles. The van der Waals surface area contributed by atoms with Crippen LogP contribution in [0.4, 0.5) is 11.4 Å². The lowest BCUT2D eigenvalue weighted by Crippen LogP contribution is -2.34. The molecule has 0 radical (unpaired) electrons. The first-order valence-corrected chi connectivity index (χ1v) is 8.53. The predicted octanol–water partition coefficient (Wildman–Crippen LogP) is 3.10. The quantitative estimate of drug-likeness (QED) is 0.795. The largest absolute Gasteiger partial charge is 0.372 e. The van der Waals surface area contributed by atoms with Gasteiger partial charge in [-0.3, -0.25) is 9.59 Å². The third-order valence-corrected chi connectivity index (χ3v) is 4.03. The van der Waals surface area contributed by atoms with Crippen molar-refractivity contribution in [3.8, 4) is 0 Å². The Labute approximate surface area is 149 Å². The second-order valence-electron chi connectivity index (χ2n) is 5.84. The fourth-order valence-electron chi connectivity index (χ4n) is 2.50. The molecule has 2 rings (SSSR count). The molecular formula is C20H25N3O2. The SMILES string of the molecule is CCN(CC)c1ccc(NC(=O)C(=O)NCc2ccc(C)cc2)cc1. The minimum absolute atomic E-state index is 0.327. The standard InChI is InChI=1S/C20H25N3O2/c1-4-23(5-2)18-12-10-17(11-13-18)22-20(25)19(24)21-14-16-8-6-15(3)7-9-16/h6-13H,4-5,14H2,1-3H3,(H,21,24)(H,22,25). The highest BCUT2D eigenvalue weighted by Gasteiger charge is 2.13. The van der Waals surface area contributed by atoms with E-state index in [0.717, 1.165) is 29.9 Å². The summed E-state index contributed by atoms with van der Waals surface area (Å²) < 4.78 is 0. The van der Waals surface area contributed by atoms with Gasteiger partial charge in [-0.15, -0.1) is 0 Å². The first-order chi connectivity index (χ1) is 12.0. The maximum atomic E-state index is 12.0. The van der Waals surface area contributed by atoms with Crippen molar-refractivity contribution in [2.24, 2.45) is 0 Å². The van der Waals surface area contributed by atoms with Crippen LogP contribution in [0.1, 0.15) is 25.0 Å². The zero-order chi connectivity index (χ0) is 18.2. The number of anilines is 2. The van der Waals surface area contributed by atoms with Gasteiger partial charge in [-0.05, 0) is 50.6 Å². The summed E-state index contributed by atoms with van der Waals surface area (Å²) in [6.45, 7) is 8.36. The van der Waals surface area contributed by atoms with E-state index in [4.69, 9.17) is 0 Å². The predicted molar refractivity (Wildman–Crippen MR) is 102 cm³/mol. The molecule has 132 valence electrons. The van der Waals surface area contributed by atoms with E-state index in [1.807, 2.05) is 43.3 Å². The average Bonchev–Trinajstić information content (AvgIpc) is 2.63. The Bertz CT molecular complexity index is 705. The number of nitrogens with one attached hydrogen (secondary N) is 2. The topological polar surface area (TPSA) is 61.4 Å². The lowest BCUT2D eigenvalue weighted by Gasteiger charge is -2.21. The number of aryl methyl sites for hydroxylation is 1. The van der Waals surface area contributed by atoms with Crippen LogP contribution < -0.4 is 15.5 Å². The molecule has 0 unspecified atom stereocenters. The first kappa shape index (κ1) is 18.5. The molecular weight excluding hydrogens is 314 g/mol. The molecule has 0 saturated heterocycles. The number of amides is 2. The van der Waals surface area contributed by atoms with E-state index < -0.39 is 11.8 Å². The summed E-state index contributed by atoms with van der Waals surface area (Å²) in [5.74, 6) is -1.31. The van der Waals surface area contributed by atoms with Gasteiger partial charge in [0, 0.05) is 31.0 Å². The van der Waals surface area contributed by atoms with Gasteiger partial charge in [0.25, 0.3) is 0 Å². The van der Waals surface area contributed by atoms with Crippen molar-refractivity contribution >= 4 is 23.2 Å². The molecule has 0 bridgehead atoms. The van der Waals surface area contributed by atoms with Crippen LogP contribution in [0.15, 0.2) is 48.5 Å². The third kappa shape index (κ3) is 5.35. The Balaban J connectivity index is 1.88. The Morgan fingerprint density at radius 1 is 0.880 bits per heavy atom. The molecule has 25 heavy (non-hydrogen) atoms. The maximum Gasteiger partial charge on any atom is 0.313 e. The van der Waals surface area contributed by atoms with E-state index in [9.17, 15) is 9.59 Å². The van der Waals surface area contributed by atoms with Crippen LogP contribution in [0.25, 0.3) is 0 Å². The van der Waals surface area contributed by atoms with Crippen LogP contribution in [0, 0.1) is 6.92 Å². The van der Waals surface area contributed by atoms with E-state index >= 15 is 0 Å². The van der Waals surface area contributed by atoms with Crippen LogP contribution in [-0.4, -0.2) is 24.9 Å². The Morgan fingerprint density at radius 3 is 2.04 bits per heavy atom. The van der Waals surface area contributed by atoms with Gasteiger partial charge in [0.1, 0.15) is 0 Å². The molecule has 5 nitrogen and oxygen atoms in total. The summed E-state index contributed by atoms with van der Waals surface area (Å²) in [6.07, 6.45) is 0. The van der Waals surface area contributed by atoms with Crippen LogP contribution >= 0.6 is 0 Å². The lowest BCUT2D eigenvalue weighted by molar-refractivity contribution is -0.136. The summed E-state index contributed by atoms with van der Waals surface area (Å²) in [5, 5.41) is 5.25. The Kier molecular flexibility index (Phi) is 6.57. The van der Waals surface area contributed by atoms with Crippen LogP contribution in [0.3, 0.4) is 0 Å². The summed E-state index contributed by atoms with van der Waals surface area (Å²) in [5.41, 5.74) is 3.80. The number of carbonyl (C=O) groups is 2. The van der Waals surface area contributed by atoms with Gasteiger partial charge in [0.2, 0.25) is 0 Å². The lowest BCUT2D eigenvalue weighted by atomic mass is 10.1. The molecule has 5 heteroatoms. The van der Waals surface area contributed by atoms with E-state index in [1.54, 1.807) is 12.1 Å². The molecule has 0 aromatic heterocycles. The maximum absolute atomic E-state index is 12.0. The minimum Gasteiger partial charge on any atom is -0.372 e. The van der Waals surface area contributed by atoms with E-state index in [0.29, 0.717) is 12.2 Å². The smallest absolute Gasteiger partial charge is 0.313 e. The Hall–Kier alpha value is -2.82. The van der Waals surface area contributed by atoms with Gasteiger partial charge in [-0.25, -0.2) is 0 Å². The van der Waals surface area contributed by atoms with Crippen LogP contribution in [0.2, 0.25) is 0 Å². The highest BCUT2D eigenvalue weighted by atomic mass is 16.2. The van der Waals surface area contributed by atoms with Crippen molar-refractivity contribution in [2.45, 2.75) is 27.3 Å².